The van der Waals surface area contributed by atoms with E-state index in [2.05, 4.69) is 5.10 Å². The Morgan fingerprint density at radius 2 is 2.18 bits per heavy atom. The number of nitrogens with zero attached hydrogens (tertiary/aromatic N) is 2. The molecule has 1 aliphatic rings. The number of benzene rings is 1. The summed E-state index contributed by atoms with van der Waals surface area (Å²) in [6, 6.07) is 7.73. The molecule has 1 aromatic heterocycles. The second kappa shape index (κ2) is 6.62. The molecule has 1 aromatic carbocycles. The lowest BCUT2D eigenvalue weighted by Gasteiger charge is -2.10. The zero-order chi connectivity index (χ0) is 15.4. The van der Waals surface area contributed by atoms with Crippen molar-refractivity contribution in [1.29, 1.82) is 0 Å². The van der Waals surface area contributed by atoms with Gasteiger partial charge in [-0.1, -0.05) is 12.1 Å². The average Bonchev–Trinajstić information content (AvgIpc) is 3.16. The fourth-order valence-corrected chi connectivity index (χ4v) is 2.41. The van der Waals surface area contributed by atoms with Crippen molar-refractivity contribution in [2.75, 3.05) is 19.8 Å². The quantitative estimate of drug-likeness (QED) is 0.884. The lowest BCUT2D eigenvalue weighted by molar-refractivity contribution is -0.137. The molecule has 0 saturated carbocycles. The Morgan fingerprint density at radius 1 is 1.36 bits per heavy atom. The molecular formula is C16H18N2O4. The van der Waals surface area contributed by atoms with E-state index in [-0.39, 0.29) is 6.54 Å². The summed E-state index contributed by atoms with van der Waals surface area (Å²) in [6.45, 7) is 2.15. The van der Waals surface area contributed by atoms with Crippen molar-refractivity contribution in [3.05, 3.63) is 36.7 Å². The second-order valence-corrected chi connectivity index (χ2v) is 5.39. The fraction of sp³-hybridized carbons (Fsp3) is 0.375. The van der Waals surface area contributed by atoms with E-state index in [1.54, 1.807) is 12.4 Å². The van der Waals surface area contributed by atoms with Crippen molar-refractivity contribution in [2.45, 2.75) is 13.0 Å². The molecular weight excluding hydrogens is 284 g/mol. The van der Waals surface area contributed by atoms with Gasteiger partial charge in [0.1, 0.15) is 12.3 Å². The molecule has 6 nitrogen and oxygen atoms in total. The van der Waals surface area contributed by atoms with E-state index in [1.807, 2.05) is 24.3 Å². The van der Waals surface area contributed by atoms with Crippen LogP contribution in [-0.2, 0) is 16.1 Å². The predicted octanol–water partition coefficient (Wildman–Crippen LogP) is 2.05. The third-order valence-corrected chi connectivity index (χ3v) is 3.63. The summed E-state index contributed by atoms with van der Waals surface area (Å²) < 4.78 is 12.5. The number of hydrogen-bond acceptors (Lipinski definition) is 4. The third kappa shape index (κ3) is 3.65. The average molecular weight is 302 g/mol. The minimum absolute atomic E-state index is 0.134. The van der Waals surface area contributed by atoms with Crippen molar-refractivity contribution in [3.8, 4) is 16.9 Å². The summed E-state index contributed by atoms with van der Waals surface area (Å²) in [7, 11) is 0. The van der Waals surface area contributed by atoms with Gasteiger partial charge in [-0.3, -0.25) is 9.48 Å². The molecule has 1 unspecified atom stereocenters. The normalized spacial score (nSPS) is 17.5. The number of aromatic nitrogens is 2. The van der Waals surface area contributed by atoms with Crippen molar-refractivity contribution < 1.29 is 19.4 Å². The summed E-state index contributed by atoms with van der Waals surface area (Å²) in [5, 5.41) is 12.8. The van der Waals surface area contributed by atoms with Crippen LogP contribution in [0.15, 0.2) is 36.7 Å². The van der Waals surface area contributed by atoms with Gasteiger partial charge in [-0.25, -0.2) is 0 Å². The van der Waals surface area contributed by atoms with Crippen LogP contribution in [-0.4, -0.2) is 40.7 Å². The maximum Gasteiger partial charge on any atom is 0.325 e. The molecule has 0 radical (unpaired) electrons. The van der Waals surface area contributed by atoms with E-state index in [0.717, 1.165) is 36.5 Å². The summed E-state index contributed by atoms with van der Waals surface area (Å²) in [6.07, 6.45) is 4.44. The standard InChI is InChI=1S/C16H18N2O4/c19-16(20)9-18-8-14(7-17-18)13-1-3-15(4-2-13)22-11-12-5-6-21-10-12/h1-4,7-8,12H,5-6,9-11H2,(H,19,20). The zero-order valence-electron chi connectivity index (χ0n) is 12.1. The highest BCUT2D eigenvalue weighted by Gasteiger charge is 2.16. The van der Waals surface area contributed by atoms with E-state index in [1.165, 1.54) is 4.68 Å². The van der Waals surface area contributed by atoms with Gasteiger partial charge < -0.3 is 14.6 Å². The topological polar surface area (TPSA) is 73.6 Å². The van der Waals surface area contributed by atoms with Crippen molar-refractivity contribution in [2.24, 2.45) is 5.92 Å². The van der Waals surface area contributed by atoms with Crippen molar-refractivity contribution in [3.63, 3.8) is 0 Å². The Labute approximate surface area is 128 Å². The van der Waals surface area contributed by atoms with Gasteiger partial charge in [-0.2, -0.15) is 5.10 Å². The van der Waals surface area contributed by atoms with Gasteiger partial charge in [0.25, 0.3) is 0 Å². The lowest BCUT2D eigenvalue weighted by atomic mass is 10.1. The molecule has 0 bridgehead atoms. The van der Waals surface area contributed by atoms with Gasteiger partial charge in [0.15, 0.2) is 0 Å². The van der Waals surface area contributed by atoms with E-state index >= 15 is 0 Å². The third-order valence-electron chi connectivity index (χ3n) is 3.63. The molecule has 6 heteroatoms. The number of carboxylic acids is 1. The van der Waals surface area contributed by atoms with Crippen LogP contribution in [0.2, 0.25) is 0 Å². The molecule has 0 aliphatic carbocycles. The Hall–Kier alpha value is -2.34. The Bertz CT molecular complexity index is 630. The Morgan fingerprint density at radius 3 is 2.86 bits per heavy atom. The van der Waals surface area contributed by atoms with Gasteiger partial charge in [-0.15, -0.1) is 0 Å². The van der Waals surface area contributed by atoms with Crippen LogP contribution in [0, 0.1) is 5.92 Å². The molecule has 3 rings (SSSR count). The fourth-order valence-electron chi connectivity index (χ4n) is 2.41. The molecule has 1 aliphatic heterocycles. The first-order valence-corrected chi connectivity index (χ1v) is 7.26. The largest absolute Gasteiger partial charge is 0.493 e. The zero-order valence-corrected chi connectivity index (χ0v) is 12.1. The Balaban J connectivity index is 1.60. The van der Waals surface area contributed by atoms with Crippen LogP contribution in [0.3, 0.4) is 0 Å². The highest BCUT2D eigenvalue weighted by molar-refractivity contribution is 5.67. The number of ether oxygens (including phenoxy) is 2. The molecule has 22 heavy (non-hydrogen) atoms. The second-order valence-electron chi connectivity index (χ2n) is 5.39. The maximum absolute atomic E-state index is 10.7. The molecule has 1 atom stereocenters. The minimum Gasteiger partial charge on any atom is -0.493 e. The van der Waals surface area contributed by atoms with Crippen LogP contribution >= 0.6 is 0 Å². The molecule has 2 heterocycles. The van der Waals surface area contributed by atoms with Crippen LogP contribution in [0.4, 0.5) is 0 Å². The maximum atomic E-state index is 10.7. The van der Waals surface area contributed by atoms with E-state index < -0.39 is 5.97 Å². The summed E-state index contributed by atoms with van der Waals surface area (Å²) in [5.74, 6) is 0.400. The Kier molecular flexibility index (Phi) is 4.39. The molecule has 0 spiro atoms. The number of carbonyl (C=O) groups is 1. The molecule has 1 saturated heterocycles. The highest BCUT2D eigenvalue weighted by Crippen LogP contribution is 2.23. The first-order chi connectivity index (χ1) is 10.7. The first-order valence-electron chi connectivity index (χ1n) is 7.26. The first kappa shape index (κ1) is 14.6. The van der Waals surface area contributed by atoms with Gasteiger partial charge in [0.2, 0.25) is 0 Å². The summed E-state index contributed by atoms with van der Waals surface area (Å²) in [4.78, 5) is 10.7. The van der Waals surface area contributed by atoms with Crippen LogP contribution in [0.5, 0.6) is 5.75 Å². The van der Waals surface area contributed by atoms with E-state index in [0.29, 0.717) is 12.5 Å². The molecule has 1 N–H and O–H groups in total. The van der Waals surface area contributed by atoms with Crippen LogP contribution in [0.25, 0.3) is 11.1 Å². The van der Waals surface area contributed by atoms with Crippen molar-refractivity contribution >= 4 is 5.97 Å². The SMILES string of the molecule is O=C(O)Cn1cc(-c2ccc(OCC3CCOC3)cc2)cn1. The number of rotatable bonds is 6. The minimum atomic E-state index is -0.908. The number of aliphatic carboxylic acids is 1. The van der Waals surface area contributed by atoms with E-state index in [9.17, 15) is 4.79 Å². The predicted molar refractivity (Wildman–Crippen MR) is 79.7 cm³/mol. The van der Waals surface area contributed by atoms with Gasteiger partial charge in [-0.05, 0) is 24.1 Å². The molecule has 1 fully saturated rings. The molecule has 2 aromatic rings. The van der Waals surface area contributed by atoms with E-state index in [4.69, 9.17) is 14.6 Å². The van der Waals surface area contributed by atoms with Gasteiger partial charge in [0, 0.05) is 24.3 Å². The number of hydrogen-bond donors (Lipinski definition) is 1. The van der Waals surface area contributed by atoms with Gasteiger partial charge in [0.05, 0.1) is 19.4 Å². The summed E-state index contributed by atoms with van der Waals surface area (Å²) >= 11 is 0. The highest BCUT2D eigenvalue weighted by atomic mass is 16.5. The van der Waals surface area contributed by atoms with Crippen molar-refractivity contribution in [1.82, 2.24) is 9.78 Å². The summed E-state index contributed by atoms with van der Waals surface area (Å²) in [5.41, 5.74) is 1.87. The van der Waals surface area contributed by atoms with Crippen LogP contribution in [0.1, 0.15) is 6.42 Å². The number of carboxylic acid groups (broad SMARTS) is 1. The lowest BCUT2D eigenvalue weighted by Crippen LogP contribution is -2.11. The smallest absolute Gasteiger partial charge is 0.325 e. The van der Waals surface area contributed by atoms with Crippen LogP contribution < -0.4 is 4.74 Å². The molecule has 0 amide bonds. The van der Waals surface area contributed by atoms with Gasteiger partial charge >= 0.3 is 5.97 Å². The molecule has 116 valence electrons. The monoisotopic (exact) mass is 302 g/mol.